The molecule has 2 amide bonds. The molecule has 0 aliphatic carbocycles. The van der Waals surface area contributed by atoms with Crippen LogP contribution in [0.25, 0.3) is 0 Å². The van der Waals surface area contributed by atoms with Crippen LogP contribution < -0.4 is 5.32 Å². The molecule has 0 radical (unpaired) electrons. The van der Waals surface area contributed by atoms with Gasteiger partial charge in [0.15, 0.2) is 0 Å². The van der Waals surface area contributed by atoms with Gasteiger partial charge in [-0.15, -0.1) is 0 Å². The first-order valence-electron chi connectivity index (χ1n) is 6.29. The maximum absolute atomic E-state index is 12.8. The molecule has 0 bridgehead atoms. The SMILES string of the molecule is CCC(=O)NCCN(Cc1ccc(F)cc1)C(C)=O. The summed E-state index contributed by atoms with van der Waals surface area (Å²) in [6, 6.07) is 6.03. The van der Waals surface area contributed by atoms with Gasteiger partial charge in [-0.2, -0.15) is 0 Å². The third-order valence-electron chi connectivity index (χ3n) is 2.76. The quantitative estimate of drug-likeness (QED) is 0.852. The summed E-state index contributed by atoms with van der Waals surface area (Å²) in [6.07, 6.45) is 0.429. The first-order chi connectivity index (χ1) is 9.02. The van der Waals surface area contributed by atoms with E-state index in [0.29, 0.717) is 26.1 Å². The predicted octanol–water partition coefficient (Wildman–Crippen LogP) is 1.70. The molecule has 1 N–H and O–H groups in total. The first-order valence-corrected chi connectivity index (χ1v) is 6.29. The van der Waals surface area contributed by atoms with Crippen molar-refractivity contribution in [3.05, 3.63) is 35.6 Å². The molecule has 104 valence electrons. The molecule has 1 aromatic rings. The number of nitrogens with one attached hydrogen (secondary N) is 1. The second-order valence-corrected chi connectivity index (χ2v) is 4.27. The Hall–Kier alpha value is -1.91. The fourth-order valence-corrected chi connectivity index (χ4v) is 1.61. The molecule has 0 aliphatic rings. The van der Waals surface area contributed by atoms with Crippen LogP contribution in [0.3, 0.4) is 0 Å². The van der Waals surface area contributed by atoms with Crippen LogP contribution in [0.4, 0.5) is 4.39 Å². The number of halogens is 1. The zero-order chi connectivity index (χ0) is 14.3. The number of rotatable bonds is 6. The minimum absolute atomic E-state index is 0.0368. The Morgan fingerprint density at radius 2 is 1.89 bits per heavy atom. The maximum atomic E-state index is 12.8. The van der Waals surface area contributed by atoms with Crippen molar-refractivity contribution >= 4 is 11.8 Å². The third-order valence-corrected chi connectivity index (χ3v) is 2.76. The lowest BCUT2D eigenvalue weighted by molar-refractivity contribution is -0.130. The lowest BCUT2D eigenvalue weighted by Crippen LogP contribution is -2.36. The second kappa shape index (κ2) is 7.51. The summed E-state index contributed by atoms with van der Waals surface area (Å²) in [6.45, 7) is 4.53. The van der Waals surface area contributed by atoms with Gasteiger partial charge in [-0.3, -0.25) is 9.59 Å². The standard InChI is InChI=1S/C14H19FN2O2/c1-3-14(19)16-8-9-17(11(2)18)10-12-4-6-13(15)7-5-12/h4-7H,3,8-10H2,1-2H3,(H,16,19). The molecule has 0 aliphatic heterocycles. The molecule has 0 atom stereocenters. The van der Waals surface area contributed by atoms with Gasteiger partial charge in [0.25, 0.3) is 0 Å². The van der Waals surface area contributed by atoms with Gasteiger partial charge in [0, 0.05) is 33.0 Å². The van der Waals surface area contributed by atoms with Gasteiger partial charge in [0.2, 0.25) is 11.8 Å². The van der Waals surface area contributed by atoms with Gasteiger partial charge >= 0.3 is 0 Å². The fourth-order valence-electron chi connectivity index (χ4n) is 1.61. The number of nitrogens with zero attached hydrogens (tertiary/aromatic N) is 1. The van der Waals surface area contributed by atoms with Crippen molar-refractivity contribution in [1.82, 2.24) is 10.2 Å². The molecule has 0 saturated heterocycles. The van der Waals surface area contributed by atoms with Crippen LogP contribution >= 0.6 is 0 Å². The molecular formula is C14H19FN2O2. The van der Waals surface area contributed by atoms with Crippen LogP contribution in [0.5, 0.6) is 0 Å². The Kier molecular flexibility index (Phi) is 5.99. The fraction of sp³-hybridized carbons (Fsp3) is 0.429. The number of benzene rings is 1. The molecule has 1 rings (SSSR count). The van der Waals surface area contributed by atoms with Crippen molar-refractivity contribution in [2.75, 3.05) is 13.1 Å². The Morgan fingerprint density at radius 1 is 1.26 bits per heavy atom. The second-order valence-electron chi connectivity index (χ2n) is 4.27. The highest BCUT2D eigenvalue weighted by Crippen LogP contribution is 2.06. The first kappa shape index (κ1) is 15.1. The summed E-state index contributed by atoms with van der Waals surface area (Å²) in [4.78, 5) is 24.2. The van der Waals surface area contributed by atoms with Crippen LogP contribution in [0.1, 0.15) is 25.8 Å². The van der Waals surface area contributed by atoms with Gasteiger partial charge in [0.1, 0.15) is 5.82 Å². The summed E-state index contributed by atoms with van der Waals surface area (Å²) in [7, 11) is 0. The maximum Gasteiger partial charge on any atom is 0.219 e. The Morgan fingerprint density at radius 3 is 2.42 bits per heavy atom. The summed E-state index contributed by atoms with van der Waals surface area (Å²) in [5.41, 5.74) is 0.860. The number of amides is 2. The average molecular weight is 266 g/mol. The van der Waals surface area contributed by atoms with Crippen LogP contribution in [-0.4, -0.2) is 29.8 Å². The molecule has 0 heterocycles. The van der Waals surface area contributed by atoms with E-state index < -0.39 is 0 Å². The lowest BCUT2D eigenvalue weighted by atomic mass is 10.2. The summed E-state index contributed by atoms with van der Waals surface area (Å²) in [5.74, 6) is -0.409. The number of hydrogen-bond acceptors (Lipinski definition) is 2. The largest absolute Gasteiger partial charge is 0.354 e. The van der Waals surface area contributed by atoms with Crippen LogP contribution in [0.15, 0.2) is 24.3 Å². The average Bonchev–Trinajstić information content (AvgIpc) is 2.39. The van der Waals surface area contributed by atoms with Crippen LogP contribution in [0.2, 0.25) is 0 Å². The molecule has 4 nitrogen and oxygen atoms in total. The number of hydrogen-bond donors (Lipinski definition) is 1. The van der Waals surface area contributed by atoms with Gasteiger partial charge in [0.05, 0.1) is 0 Å². The number of carbonyl (C=O) groups is 2. The van der Waals surface area contributed by atoms with Gasteiger partial charge in [-0.1, -0.05) is 19.1 Å². The van der Waals surface area contributed by atoms with Gasteiger partial charge in [-0.25, -0.2) is 4.39 Å². The van der Waals surface area contributed by atoms with Gasteiger partial charge < -0.3 is 10.2 Å². The number of carbonyl (C=O) groups excluding carboxylic acids is 2. The minimum atomic E-state index is -0.298. The van der Waals surface area contributed by atoms with Crippen molar-refractivity contribution < 1.29 is 14.0 Å². The zero-order valence-corrected chi connectivity index (χ0v) is 11.3. The Balaban J connectivity index is 2.51. The highest BCUT2D eigenvalue weighted by atomic mass is 19.1. The van der Waals surface area contributed by atoms with E-state index in [0.717, 1.165) is 5.56 Å². The highest BCUT2D eigenvalue weighted by Gasteiger charge is 2.09. The monoisotopic (exact) mass is 266 g/mol. The summed E-state index contributed by atoms with van der Waals surface area (Å²) >= 11 is 0. The summed E-state index contributed by atoms with van der Waals surface area (Å²) < 4.78 is 12.8. The third kappa shape index (κ3) is 5.50. The molecule has 1 aromatic carbocycles. The Labute approximate surface area is 112 Å². The molecule has 5 heteroatoms. The molecular weight excluding hydrogens is 247 g/mol. The van der Waals surface area contributed by atoms with E-state index in [1.54, 1.807) is 24.0 Å². The van der Waals surface area contributed by atoms with E-state index >= 15 is 0 Å². The van der Waals surface area contributed by atoms with Crippen molar-refractivity contribution in [2.45, 2.75) is 26.8 Å². The molecule has 0 unspecified atom stereocenters. The minimum Gasteiger partial charge on any atom is -0.354 e. The van der Waals surface area contributed by atoms with Crippen LogP contribution in [-0.2, 0) is 16.1 Å². The summed E-state index contributed by atoms with van der Waals surface area (Å²) in [5, 5.41) is 2.72. The molecule has 0 saturated carbocycles. The zero-order valence-electron chi connectivity index (χ0n) is 11.3. The van der Waals surface area contributed by atoms with Crippen LogP contribution in [0, 0.1) is 5.82 Å². The van der Waals surface area contributed by atoms with E-state index in [9.17, 15) is 14.0 Å². The Bertz CT molecular complexity index is 432. The van der Waals surface area contributed by atoms with E-state index in [2.05, 4.69) is 5.32 Å². The van der Waals surface area contributed by atoms with E-state index in [1.807, 2.05) is 0 Å². The highest BCUT2D eigenvalue weighted by molar-refractivity contribution is 5.76. The van der Waals surface area contributed by atoms with Crippen molar-refractivity contribution in [3.63, 3.8) is 0 Å². The molecule has 0 aromatic heterocycles. The van der Waals surface area contributed by atoms with Crippen molar-refractivity contribution in [3.8, 4) is 0 Å². The topological polar surface area (TPSA) is 49.4 Å². The molecule has 19 heavy (non-hydrogen) atoms. The molecule has 0 fully saturated rings. The van der Waals surface area contributed by atoms with Crippen molar-refractivity contribution in [1.29, 1.82) is 0 Å². The van der Waals surface area contributed by atoms with Gasteiger partial charge in [-0.05, 0) is 17.7 Å². The predicted molar refractivity (Wildman–Crippen MR) is 70.8 cm³/mol. The molecule has 0 spiro atoms. The normalized spacial score (nSPS) is 10.1. The van der Waals surface area contributed by atoms with Crippen molar-refractivity contribution in [2.24, 2.45) is 0 Å². The van der Waals surface area contributed by atoms with E-state index in [4.69, 9.17) is 0 Å². The van der Waals surface area contributed by atoms with E-state index in [1.165, 1.54) is 19.1 Å². The lowest BCUT2D eigenvalue weighted by Gasteiger charge is -2.21. The smallest absolute Gasteiger partial charge is 0.219 e. The van der Waals surface area contributed by atoms with E-state index in [-0.39, 0.29) is 17.6 Å².